The summed E-state index contributed by atoms with van der Waals surface area (Å²) < 4.78 is 0. The molecule has 0 atom stereocenters. The topological polar surface area (TPSA) is 20.2 Å². The van der Waals surface area contributed by atoms with Crippen LogP contribution in [0.5, 0.6) is 0 Å². The highest BCUT2D eigenvalue weighted by Gasteiger charge is 1.88. The van der Waals surface area contributed by atoms with Crippen molar-refractivity contribution < 1.29 is 5.11 Å². The zero-order valence-electron chi connectivity index (χ0n) is 30.3. The summed E-state index contributed by atoms with van der Waals surface area (Å²) in [6.07, 6.45) is 0. The van der Waals surface area contributed by atoms with Crippen LogP contribution in [0.1, 0.15) is 0 Å². The highest BCUT2D eigenvalue weighted by molar-refractivity contribution is 6.46. The van der Waals surface area contributed by atoms with Gasteiger partial charge in [0.25, 0.3) is 0 Å². The Morgan fingerprint density at radius 1 is 0.161 bits per heavy atom. The van der Waals surface area contributed by atoms with Gasteiger partial charge < -0.3 is 5.11 Å². The maximum atomic E-state index is 7.88. The lowest BCUT2D eigenvalue weighted by atomic mass is 10.9. The van der Waals surface area contributed by atoms with E-state index in [2.05, 4.69) is 0 Å². The first-order chi connectivity index (χ1) is 29.1. The van der Waals surface area contributed by atoms with Gasteiger partial charge >= 0.3 is 0 Å². The first-order valence-electron chi connectivity index (χ1n) is 11.3. The molecule has 62 heavy (non-hydrogen) atoms. The number of alkyl halides is 40. The van der Waals surface area contributed by atoms with Crippen LogP contribution in [0.2, 0.25) is 0 Å². The average molecular weight is 1730 g/mol. The monoisotopic (exact) mass is 1710 g/mol. The minimum Gasteiger partial charge on any atom is -0.394 e. The average Bonchev–Trinajstić information content (AvgIpc) is 3.15. The molecular formula is C21H42Cl40O. The molecule has 0 fully saturated rings. The predicted molar refractivity (Wildman–Crippen MR) is 337 cm³/mol. The second kappa shape index (κ2) is 311. The van der Waals surface area contributed by atoms with Crippen molar-refractivity contribution in [1.82, 2.24) is 0 Å². The lowest BCUT2D eigenvalue weighted by molar-refractivity contribution is 0.313. The van der Waals surface area contributed by atoms with Gasteiger partial charge in [0.2, 0.25) is 0 Å². The summed E-state index contributed by atoms with van der Waals surface area (Å²) >= 11 is 191. The van der Waals surface area contributed by atoms with E-state index in [-0.39, 0.29) is 108 Å². The molecule has 0 unspecified atom stereocenters. The summed E-state index contributed by atoms with van der Waals surface area (Å²) in [6.45, 7) is -0.164. The zero-order valence-corrected chi connectivity index (χ0v) is 60.5. The van der Waals surface area contributed by atoms with Crippen LogP contribution in [-0.4, -0.2) is 118 Å². The maximum absolute atomic E-state index is 7.88. The van der Waals surface area contributed by atoms with Gasteiger partial charge in [0, 0.05) is 0 Å². The zero-order chi connectivity index (χ0) is 55.7. The van der Waals surface area contributed by atoms with Crippen LogP contribution in [-0.2, 0) is 0 Å². The smallest absolute Gasteiger partial charge is 0.130 e. The Morgan fingerprint density at radius 2 is 0.177 bits per heavy atom. The number of rotatable bonds is 1. The van der Waals surface area contributed by atoms with Gasteiger partial charge in [-0.2, -0.15) is 0 Å². The summed E-state index contributed by atoms with van der Waals surface area (Å²) in [4.78, 5) is -0.616. The molecule has 0 aromatic heterocycles. The Hall–Kier alpha value is 11.6. The second-order valence-corrected chi connectivity index (χ2v) is 19.1. The Balaban J connectivity index is -0.0000000167. The first kappa shape index (κ1) is 135. The van der Waals surface area contributed by atoms with Gasteiger partial charge in [-0.05, 0) is 0 Å². The SMILES string of the molecule is ClCCl.ClCCl.ClCCl.ClCCl.ClCCl.ClCCl.ClCCl.ClCCl.ClCCl.ClCCl.ClCCl.ClCCl.ClCCl.ClCCl.ClCCl.ClCCl.ClCCl.ClCCl.ClCCl.OCC(Cl)Cl. The van der Waals surface area contributed by atoms with Gasteiger partial charge in [0.05, 0.1) is 108 Å². The normalized spacial score (nSPS) is 6.29. The molecule has 412 valence electrons. The number of aliphatic hydroxyl groups is 1. The van der Waals surface area contributed by atoms with Crippen molar-refractivity contribution in [1.29, 1.82) is 0 Å². The summed E-state index contributed by atoms with van der Waals surface area (Å²) in [5.41, 5.74) is 0. The molecule has 0 saturated heterocycles. The van der Waals surface area contributed by atoms with Crippen molar-refractivity contribution in [2.75, 3.05) is 108 Å². The van der Waals surface area contributed by atoms with E-state index in [4.69, 9.17) is 469 Å². The van der Waals surface area contributed by atoms with Crippen LogP contribution in [0, 0.1) is 0 Å². The van der Waals surface area contributed by atoms with Gasteiger partial charge in [-0.25, -0.2) is 0 Å². The van der Waals surface area contributed by atoms with Crippen LogP contribution >= 0.6 is 464 Å². The fraction of sp³-hybridized carbons (Fsp3) is 1.00. The van der Waals surface area contributed by atoms with E-state index in [9.17, 15) is 0 Å². The van der Waals surface area contributed by atoms with Crippen LogP contribution < -0.4 is 0 Å². The first-order valence-corrected chi connectivity index (χ1v) is 32.5. The minimum absolute atomic E-state index is 0.164. The number of halogens is 40. The van der Waals surface area contributed by atoms with Gasteiger partial charge in [-0.1, -0.05) is 0 Å². The lowest BCUT2D eigenvalue weighted by Gasteiger charge is -1.84. The fourth-order valence-electron chi connectivity index (χ4n) is 0. The molecule has 0 amide bonds. The van der Waals surface area contributed by atoms with Crippen LogP contribution in [0.25, 0.3) is 0 Å². The third-order valence-corrected chi connectivity index (χ3v) is 0.414. The van der Waals surface area contributed by atoms with Crippen molar-refractivity contribution in [2.24, 2.45) is 0 Å². The molecule has 0 aromatic carbocycles. The molecule has 0 aliphatic carbocycles. The third-order valence-electron chi connectivity index (χ3n) is 0.138. The van der Waals surface area contributed by atoms with E-state index in [1.165, 1.54) is 0 Å². The van der Waals surface area contributed by atoms with Gasteiger partial charge in [0.1, 0.15) is 4.84 Å². The standard InChI is InChI=1S/C2H4Cl2O.19CH2Cl2/c3-2(4)1-5;19*2-1-3/h2,5H,1H2;19*1H2. The highest BCUT2D eigenvalue weighted by Crippen LogP contribution is 1.96. The molecular weight excluding hydrogens is 1690 g/mol. The Labute approximate surface area is 572 Å². The van der Waals surface area contributed by atoms with Crippen molar-refractivity contribution >= 4 is 464 Å². The van der Waals surface area contributed by atoms with Crippen LogP contribution in [0.3, 0.4) is 0 Å². The Bertz CT molecular complexity index is 189. The fourth-order valence-corrected chi connectivity index (χ4v) is 0. The summed E-state index contributed by atoms with van der Waals surface area (Å²) in [5, 5.41) is 11.6. The van der Waals surface area contributed by atoms with E-state index in [0.717, 1.165) is 0 Å². The largest absolute Gasteiger partial charge is 0.394 e. The molecule has 1 N–H and O–H groups in total. The molecule has 0 aliphatic heterocycles. The predicted octanol–water partition coefficient (Wildman–Crippen LogP) is 27.8. The van der Waals surface area contributed by atoms with E-state index in [1.807, 2.05) is 0 Å². The van der Waals surface area contributed by atoms with Crippen molar-refractivity contribution in [2.45, 2.75) is 4.84 Å². The quantitative estimate of drug-likeness (QED) is 0.260. The van der Waals surface area contributed by atoms with Gasteiger partial charge in [-0.3, -0.25) is 0 Å². The third kappa shape index (κ3) is 1940. The lowest BCUT2D eigenvalue weighted by Crippen LogP contribution is -1.90. The number of aliphatic hydroxyl groups excluding tert-OH is 1. The Kier molecular flexibility index (Phi) is 677. The molecule has 0 rings (SSSR count). The van der Waals surface area contributed by atoms with E-state index >= 15 is 0 Å². The van der Waals surface area contributed by atoms with Crippen molar-refractivity contribution in [3.05, 3.63) is 0 Å². The molecule has 0 heterocycles. The maximum Gasteiger partial charge on any atom is 0.130 e. The molecule has 0 bridgehead atoms. The number of hydrogen-bond acceptors (Lipinski definition) is 1. The molecule has 41 heteroatoms. The summed E-state index contributed by atoms with van der Waals surface area (Å²) in [5.74, 6) is 0. The van der Waals surface area contributed by atoms with Gasteiger partial charge in [-0.15, -0.1) is 464 Å². The Morgan fingerprint density at radius 3 is 0.177 bits per heavy atom. The van der Waals surface area contributed by atoms with E-state index < -0.39 is 4.84 Å². The molecule has 0 aromatic rings. The van der Waals surface area contributed by atoms with Gasteiger partial charge in [0.15, 0.2) is 0 Å². The summed E-state index contributed by atoms with van der Waals surface area (Å²) in [6, 6.07) is 0. The van der Waals surface area contributed by atoms with Crippen molar-refractivity contribution in [3.8, 4) is 0 Å². The van der Waals surface area contributed by atoms with Crippen LogP contribution in [0.4, 0.5) is 0 Å². The minimum atomic E-state index is -0.616. The highest BCUT2D eigenvalue weighted by atomic mass is 35.6. The molecule has 0 radical (unpaired) electrons. The molecule has 0 aliphatic rings. The van der Waals surface area contributed by atoms with E-state index in [1.54, 1.807) is 0 Å². The molecule has 0 spiro atoms. The molecule has 0 saturated carbocycles. The number of hydrogen-bond donors (Lipinski definition) is 1. The van der Waals surface area contributed by atoms with Crippen molar-refractivity contribution in [3.63, 3.8) is 0 Å². The second-order valence-electron chi connectivity index (χ2n) is 2.49. The van der Waals surface area contributed by atoms with E-state index in [0.29, 0.717) is 0 Å². The summed E-state index contributed by atoms with van der Waals surface area (Å²) in [7, 11) is 0. The molecule has 1 nitrogen and oxygen atoms in total. The van der Waals surface area contributed by atoms with Crippen LogP contribution in [0.15, 0.2) is 0 Å².